The van der Waals surface area contributed by atoms with Crippen LogP contribution in [0.5, 0.6) is 0 Å². The van der Waals surface area contributed by atoms with Crippen LogP contribution in [0.2, 0.25) is 0 Å². The predicted molar refractivity (Wildman–Crippen MR) is 373 cm³/mol. The second-order valence-electron chi connectivity index (χ2n) is 22.1. The molecule has 8 atom stereocenters. The van der Waals surface area contributed by atoms with Gasteiger partial charge in [0.25, 0.3) is 0 Å². The summed E-state index contributed by atoms with van der Waals surface area (Å²) in [6.45, 7) is 0.350. The number of thiocarbonyl (C=S) groups is 3. The third kappa shape index (κ3) is 38.0. The van der Waals surface area contributed by atoms with E-state index < -0.39 is 139 Å². The Morgan fingerprint density at radius 3 is 1.12 bits per heavy atom. The van der Waals surface area contributed by atoms with Gasteiger partial charge >= 0.3 is 41.8 Å². The predicted octanol–water partition coefficient (Wildman–Crippen LogP) is -4.96. The number of carboxylic acids is 7. The fraction of sp³-hybridized carbons (Fsp3) is 0.607. The summed E-state index contributed by atoms with van der Waals surface area (Å²) in [7, 11) is 0. The van der Waals surface area contributed by atoms with Gasteiger partial charge in [0.1, 0.15) is 80.2 Å². The number of nitrogens with two attached hydrogens (primary N) is 3. The van der Waals surface area contributed by atoms with Crippen molar-refractivity contribution >= 4 is 168 Å². The van der Waals surface area contributed by atoms with E-state index >= 15 is 0 Å². The average Bonchev–Trinajstić information content (AvgIpc) is 0.859. The molecule has 0 fully saturated rings. The number of ketones is 1. The molecule has 0 saturated heterocycles. The van der Waals surface area contributed by atoms with Crippen LogP contribution >= 0.6 is 71.9 Å². The molecule has 99 heavy (non-hydrogen) atoms. The number of amides is 6. The summed E-state index contributed by atoms with van der Waals surface area (Å²) in [5.41, 5.74) is 17.4. The summed E-state index contributed by atoms with van der Waals surface area (Å²) in [4.78, 5) is 182. The van der Waals surface area contributed by atoms with Crippen molar-refractivity contribution in [2.75, 3.05) is 89.3 Å². The van der Waals surface area contributed by atoms with Crippen LogP contribution in [0.1, 0.15) is 76.1 Å². The number of hydrogen-bond acceptors (Lipinski definition) is 27. The topological polar surface area (TPSA) is 590 Å². The summed E-state index contributed by atoms with van der Waals surface area (Å²) in [5.74, 6) is -14.7. The molecule has 43 heteroatoms. The maximum atomic E-state index is 13.3. The minimum atomic E-state index is -1.37. The number of aromatic nitrogens is 1. The van der Waals surface area contributed by atoms with Crippen molar-refractivity contribution in [3.05, 3.63) is 29.6 Å². The first-order chi connectivity index (χ1) is 46.6. The van der Waals surface area contributed by atoms with E-state index in [1.807, 2.05) is 4.90 Å². The number of thioether (sulfide) groups is 3. The number of nitrogens with one attached hydrogen (secondary N) is 9. The van der Waals surface area contributed by atoms with Crippen LogP contribution in [0.4, 0.5) is 0 Å². The molecule has 0 radical (unpaired) electrons. The Bertz CT molecular complexity index is 2880. The Labute approximate surface area is 597 Å². The van der Waals surface area contributed by atoms with Crippen LogP contribution in [0, 0.1) is 0 Å². The molecule has 0 spiro atoms. The van der Waals surface area contributed by atoms with Crippen molar-refractivity contribution in [1.29, 1.82) is 0 Å². The highest BCUT2D eigenvalue weighted by molar-refractivity contribution is 8.23. The van der Waals surface area contributed by atoms with Crippen molar-refractivity contribution in [2.45, 2.75) is 126 Å². The molecule has 2 rings (SSSR count). The second-order valence-corrected chi connectivity index (χ2v) is 27.2. The first kappa shape index (κ1) is 87.5. The van der Waals surface area contributed by atoms with Gasteiger partial charge in [-0.1, -0.05) is 78.0 Å². The highest BCUT2D eigenvalue weighted by Crippen LogP contribution is 2.18. The van der Waals surface area contributed by atoms with Gasteiger partial charge in [0, 0.05) is 95.4 Å². The van der Waals surface area contributed by atoms with Crippen molar-refractivity contribution in [3.8, 4) is 0 Å². The highest BCUT2D eigenvalue weighted by Gasteiger charge is 2.32. The molecule has 0 aliphatic carbocycles. The van der Waals surface area contributed by atoms with Gasteiger partial charge in [0.2, 0.25) is 35.4 Å². The molecule has 0 saturated carbocycles. The Morgan fingerprint density at radius 2 is 0.808 bits per heavy atom. The van der Waals surface area contributed by atoms with Crippen LogP contribution in [0.15, 0.2) is 18.2 Å². The lowest BCUT2D eigenvalue weighted by Gasteiger charge is -2.35. The van der Waals surface area contributed by atoms with Crippen LogP contribution in [-0.4, -0.2) is 289 Å². The molecular weight excluding hydrogens is 1430 g/mol. The van der Waals surface area contributed by atoms with Gasteiger partial charge in [0.15, 0.2) is 0 Å². The number of carboxylic acid groups (broad SMARTS) is 7. The average molecular weight is 1510 g/mol. The Balaban J connectivity index is 2.43. The molecule has 6 amide bonds. The smallest absolute Gasteiger partial charge is 0.322 e. The van der Waals surface area contributed by atoms with Crippen molar-refractivity contribution in [1.82, 2.24) is 67.5 Å². The summed E-state index contributed by atoms with van der Waals surface area (Å²) in [6.07, 6.45) is -1.57. The van der Waals surface area contributed by atoms with Gasteiger partial charge in [-0.2, -0.15) is 0 Å². The maximum Gasteiger partial charge on any atom is 0.322 e. The fourth-order valence-corrected chi connectivity index (χ4v) is 12.0. The van der Waals surface area contributed by atoms with Crippen LogP contribution in [-0.2, 0) is 80.2 Å². The molecule has 1 aromatic rings. The van der Waals surface area contributed by atoms with Crippen LogP contribution in [0.25, 0.3) is 0 Å². The van der Waals surface area contributed by atoms with E-state index in [1.54, 1.807) is 28.0 Å². The molecule has 37 nitrogen and oxygen atoms in total. The van der Waals surface area contributed by atoms with Crippen LogP contribution in [0.3, 0.4) is 0 Å². The Kier molecular flexibility index (Phi) is 41.9. The minimum Gasteiger partial charge on any atom is -0.480 e. The lowest BCUT2D eigenvalue weighted by atomic mass is 10.1. The third-order valence-corrected chi connectivity index (χ3v) is 18.4. The molecule has 2 bridgehead atoms. The molecule has 552 valence electrons. The van der Waals surface area contributed by atoms with Crippen molar-refractivity contribution < 1.29 is 103 Å². The first-order valence-corrected chi connectivity index (χ1v) is 34.8. The van der Waals surface area contributed by atoms with E-state index in [0.29, 0.717) is 24.4 Å². The van der Waals surface area contributed by atoms with E-state index in [-0.39, 0.29) is 153 Å². The molecule has 1 aromatic heterocycles. The van der Waals surface area contributed by atoms with Crippen molar-refractivity contribution in [2.24, 2.45) is 17.2 Å². The zero-order valence-electron chi connectivity index (χ0n) is 53.8. The van der Waals surface area contributed by atoms with Crippen LogP contribution < -0.4 is 65.1 Å². The molecule has 2 heterocycles. The summed E-state index contributed by atoms with van der Waals surface area (Å²) in [5, 5.41) is 90.4. The number of aliphatic carboxylic acids is 7. The monoisotopic (exact) mass is 1510 g/mol. The first-order valence-electron chi connectivity index (χ1n) is 30.6. The van der Waals surface area contributed by atoms with E-state index in [9.17, 15) is 77.3 Å². The number of nitrogens with zero attached hydrogens (tertiary/aromatic N) is 4. The lowest BCUT2D eigenvalue weighted by molar-refractivity contribution is -0.144. The number of hydrogen-bond donors (Lipinski definition) is 19. The van der Waals surface area contributed by atoms with E-state index in [0.717, 1.165) is 35.3 Å². The fourth-order valence-electron chi connectivity index (χ4n) is 8.84. The van der Waals surface area contributed by atoms with Gasteiger partial charge < -0.3 is 106 Å². The maximum absolute atomic E-state index is 13.3. The molecule has 1 aliphatic rings. The normalized spacial score (nSPS) is 15.2. The lowest BCUT2D eigenvalue weighted by Crippen LogP contribution is -2.50. The van der Waals surface area contributed by atoms with Gasteiger partial charge in [-0.15, -0.1) is 0 Å². The highest BCUT2D eigenvalue weighted by atomic mass is 32.2. The Hall–Kier alpha value is -7.59. The molecular formula is C56H86N16O21S6. The molecule has 2 unspecified atom stereocenters. The molecule has 1 aliphatic heterocycles. The number of Topliss-reactive ketones (excluding diaryl/α,β-unsaturated/α-hetero) is 1. The summed E-state index contributed by atoms with van der Waals surface area (Å²) in [6, 6.07) is -5.28. The van der Waals surface area contributed by atoms with Gasteiger partial charge in [-0.3, -0.25) is 81.9 Å². The number of fused-ring (bicyclic) bond motifs is 2. The zero-order valence-corrected chi connectivity index (χ0v) is 58.7. The van der Waals surface area contributed by atoms with Gasteiger partial charge in [-0.05, 0) is 64.1 Å². The summed E-state index contributed by atoms with van der Waals surface area (Å²) < 4.78 is 0.354. The largest absolute Gasteiger partial charge is 0.480 e. The summed E-state index contributed by atoms with van der Waals surface area (Å²) >= 11 is 19.3. The number of pyridine rings is 1. The Morgan fingerprint density at radius 1 is 0.475 bits per heavy atom. The van der Waals surface area contributed by atoms with Crippen molar-refractivity contribution in [3.63, 3.8) is 0 Å². The standard InChI is InChI=1S/C56H86N16O21S6/c1-30(73)22-63-46(81)36(67-41(74)9-6-33(57)49(84)85)27-98-55(95)61-15-12-39(52(90)91)71-20-18-70(17-3-14-60-54(94)97-28-37(47(82)64-23-44(77)78)68-42(75)10-7-34(58)50(86)87)19-21-72(26-32-5-2-4-31(25-71)66-32)40(53(92)93)13-16-62-56(96)99-29-38(48(83)65-24-45(79)80)69-43(76)11-8-35(59)51(88)89/h2,4-5,33-40H,3,6-29,57-59H2,1H3,(H,60,94)(H,61,95)(H,62,96)(H,63,81)(H,64,82)(H,65,83)(H,67,74)(H,68,75)(H,69,76)(H,77,78)(H,79,80)(H,84,85)(H,86,87)(H,88,89)(H,90,91)(H,92,93)/t33-,34-,35-,36-,37-,38-,39?,40?/m0/s1. The second kappa shape index (κ2) is 47.5. The molecule has 0 aromatic carbocycles. The minimum absolute atomic E-state index is 0.00978. The third-order valence-electron chi connectivity index (χ3n) is 14.2. The zero-order chi connectivity index (χ0) is 74.3. The number of rotatable bonds is 44. The quantitative estimate of drug-likeness (QED) is 0.0215. The number of carbonyl (C=O) groups is 14. The molecule has 22 N–H and O–H groups in total. The van der Waals surface area contributed by atoms with E-state index in [1.165, 1.54) is 6.92 Å². The van der Waals surface area contributed by atoms with E-state index in [2.05, 4.69) is 47.9 Å². The SMILES string of the molecule is CC(=O)CNC(=O)[C@H](CSC(=S)NCCC(C(=O)O)N1CCN(CCCNC(=S)SC[C@H](NC(=O)CC[C@H](N)C(=O)O)C(=O)NCC(=O)O)CCN(C(CCNC(=S)SC[C@H](NC(=O)CC[C@H](N)C(=O)O)C(=O)NCC(=O)O)C(=O)O)Cc2cccc(n2)C1)NC(=O)CC[C@H](N)C(=O)O. The van der Waals surface area contributed by atoms with Gasteiger partial charge in [-0.25, -0.2) is 0 Å². The van der Waals surface area contributed by atoms with E-state index in [4.69, 9.17) is 84.4 Å². The van der Waals surface area contributed by atoms with Gasteiger partial charge in [0.05, 0.1) is 17.9 Å². The number of carbonyl (C=O) groups excluding carboxylic acids is 7.